The molecule has 0 saturated heterocycles. The topological polar surface area (TPSA) is 237 Å². The van der Waals surface area contributed by atoms with Crippen LogP contribution in [0.3, 0.4) is 0 Å². The van der Waals surface area contributed by atoms with E-state index in [1.54, 1.807) is 70.5 Å². The van der Waals surface area contributed by atoms with Gasteiger partial charge in [0.25, 0.3) is 11.8 Å². The Labute approximate surface area is 598 Å². The van der Waals surface area contributed by atoms with Crippen molar-refractivity contribution < 1.29 is 9.59 Å². The van der Waals surface area contributed by atoms with Crippen LogP contribution in [0.2, 0.25) is 0 Å². The Hall–Kier alpha value is -13.1. The molecule has 0 N–H and O–H groups in total. The summed E-state index contributed by atoms with van der Waals surface area (Å²) in [5.74, 6) is -0.912. The van der Waals surface area contributed by atoms with Crippen molar-refractivity contribution in [1.82, 2.24) is 0 Å². The lowest BCUT2D eigenvalue weighted by Crippen LogP contribution is -2.30. The largest absolute Gasteiger partial charge is 0.311 e. The smallest absolute Gasteiger partial charge is 0.259 e. The summed E-state index contributed by atoms with van der Waals surface area (Å²) in [4.78, 5) is 39.2. The molecule has 0 radical (unpaired) electrons. The lowest BCUT2D eigenvalue weighted by molar-refractivity contribution is -0.114. The maximum atomic E-state index is 15.9. The number of hydrogen-bond acceptors (Lipinski definition) is 12. The number of carbonyl (C=O) groups excluding carboxylic acids is 2. The fraction of sp³-hybridized carbons (Fsp3) is 0.227. The fourth-order valence-electron chi connectivity index (χ4n) is 13.7. The summed E-state index contributed by atoms with van der Waals surface area (Å²) >= 11 is 0. The minimum absolute atomic E-state index is 0.00295. The van der Waals surface area contributed by atoms with Crippen LogP contribution in [0, 0.1) is 90.6 Å². The molecule has 0 atom stereocenters. The molecule has 0 saturated carbocycles. The third-order valence-corrected chi connectivity index (χ3v) is 18.6. The highest BCUT2D eigenvalue weighted by atomic mass is 16.2. The zero-order valence-electron chi connectivity index (χ0n) is 57.5. The van der Waals surface area contributed by atoms with Gasteiger partial charge < -0.3 is 19.6 Å². The molecule has 14 heteroatoms. The Bertz CT molecular complexity index is 4460. The van der Waals surface area contributed by atoms with Crippen LogP contribution in [-0.2, 0) is 9.59 Å². The van der Waals surface area contributed by atoms with E-state index in [2.05, 4.69) is 47.9 Å². The van der Waals surface area contributed by atoms with E-state index in [9.17, 15) is 42.1 Å². The van der Waals surface area contributed by atoms with Crippen molar-refractivity contribution in [3.63, 3.8) is 0 Å². The lowest BCUT2D eigenvalue weighted by atomic mass is 9.84. The highest BCUT2D eigenvalue weighted by molar-refractivity contribution is 6.50. The summed E-state index contributed by atoms with van der Waals surface area (Å²) in [6.07, 6.45) is 15.7. The van der Waals surface area contributed by atoms with Crippen molar-refractivity contribution in [3.05, 3.63) is 262 Å². The monoisotopic (exact) mass is 1330 g/mol. The van der Waals surface area contributed by atoms with Crippen molar-refractivity contribution in [1.29, 1.82) is 42.1 Å². The lowest BCUT2D eigenvalue weighted by Gasteiger charge is -2.26. The van der Waals surface area contributed by atoms with Crippen LogP contribution in [0.5, 0.6) is 0 Å². The third-order valence-electron chi connectivity index (χ3n) is 18.6. The number of fused-ring (bicyclic) bond motifs is 2. The van der Waals surface area contributed by atoms with Gasteiger partial charge in [0, 0.05) is 80.6 Å². The quantitative estimate of drug-likeness (QED) is 0.0177. The van der Waals surface area contributed by atoms with E-state index >= 15 is 9.59 Å². The van der Waals surface area contributed by atoms with Gasteiger partial charge in [-0.3, -0.25) is 9.59 Å². The predicted molar refractivity (Wildman–Crippen MR) is 404 cm³/mol. The molecule has 500 valence electrons. The highest BCUT2D eigenvalue weighted by Gasteiger charge is 2.43. The van der Waals surface area contributed by atoms with Gasteiger partial charge in [-0.05, 0) is 120 Å². The van der Waals surface area contributed by atoms with Crippen LogP contribution in [0.25, 0.3) is 33.4 Å². The number of para-hydroxylation sites is 4. The van der Waals surface area contributed by atoms with Crippen molar-refractivity contribution in [3.8, 4) is 48.6 Å². The number of anilines is 8. The zero-order chi connectivity index (χ0) is 71.7. The number of unbranched alkanes of at least 4 members (excludes halogenated alkanes) is 14. The standard InChI is InChI=1S/C88H76N12O2/c1-3-5-7-9-11-13-15-29-51-97-79-53-65(83(69(59-93)60-94)81(67(55-89)56-90)63-39-45-75(46-40-63)99(71-31-21-17-22-32-71)72-33-23-18-24-34-72)43-49-77(79)85(87(97)101)86-78-50-44-66(54-80(78)98(88(86)102)52-30-16-14-12-10-8-6-4-2)84(70(61-95)62-96)82(68(57-91)58-92)64-41-47-76(48-42-64)100(73-35-25-19-26-36-73)74-37-27-20-28-38-74/h17-28,31-50,53-54H,3-16,29-30,51-52H2,1-2H3/b86-85+. The first kappa shape index (κ1) is 71.7. The average molecular weight is 1330 g/mol. The summed E-state index contributed by atoms with van der Waals surface area (Å²) < 4.78 is 0. The Balaban J connectivity index is 1.13. The predicted octanol–water partition coefficient (Wildman–Crippen LogP) is 21.1. The van der Waals surface area contributed by atoms with Crippen molar-refractivity contribution in [2.45, 2.75) is 117 Å². The van der Waals surface area contributed by atoms with Gasteiger partial charge in [-0.1, -0.05) is 225 Å². The molecule has 0 fully saturated rings. The molecule has 8 aromatic rings. The van der Waals surface area contributed by atoms with Crippen LogP contribution in [0.15, 0.2) is 229 Å². The van der Waals surface area contributed by atoms with Crippen LogP contribution in [0.1, 0.15) is 150 Å². The maximum absolute atomic E-state index is 15.9. The molecule has 0 unspecified atom stereocenters. The molecule has 2 aliphatic rings. The first-order valence-corrected chi connectivity index (χ1v) is 35.0. The van der Waals surface area contributed by atoms with E-state index in [4.69, 9.17) is 0 Å². The molecule has 0 aliphatic carbocycles. The first-order valence-electron chi connectivity index (χ1n) is 35.0. The molecule has 2 aliphatic heterocycles. The summed E-state index contributed by atoms with van der Waals surface area (Å²) in [5, 5.41) is 86.7. The second kappa shape index (κ2) is 35.4. The molecular formula is C88H76N12O2. The van der Waals surface area contributed by atoms with Crippen molar-refractivity contribution in [2.24, 2.45) is 0 Å². The molecule has 8 aromatic carbocycles. The molecule has 2 heterocycles. The molecule has 0 bridgehead atoms. The summed E-state index contributed by atoms with van der Waals surface area (Å²) in [7, 11) is 0. The van der Waals surface area contributed by atoms with E-state index in [-0.39, 0.29) is 79.9 Å². The number of allylic oxidation sites excluding steroid dienone is 8. The van der Waals surface area contributed by atoms with E-state index in [0.29, 0.717) is 46.5 Å². The Kier molecular flexibility index (Phi) is 24.9. The Morgan fingerprint density at radius 3 is 0.794 bits per heavy atom. The van der Waals surface area contributed by atoms with Crippen molar-refractivity contribution in [2.75, 3.05) is 32.7 Å². The SMILES string of the molecule is CCCCCCCCCCN1C(=O)/C(=C2/C(=O)N(CCCCCCCCCC)c3cc(C(=C(C#N)C#N)C(=C(C#N)C#N)c4ccc(N(c5ccccc5)c5ccccc5)cc4)ccc32)c2ccc(C(=C(C#N)C#N)C(=C(C#N)C#N)c3ccc(N(c4ccccc4)c4ccccc4)cc3)cc21. The van der Waals surface area contributed by atoms with Crippen molar-refractivity contribution >= 4 is 90.8 Å². The fourth-order valence-corrected chi connectivity index (χ4v) is 13.7. The molecule has 0 aromatic heterocycles. The van der Waals surface area contributed by atoms with Crippen LogP contribution >= 0.6 is 0 Å². The number of nitrogens with zero attached hydrogens (tertiary/aromatic N) is 12. The minimum Gasteiger partial charge on any atom is -0.311 e. The number of rotatable bonds is 30. The molecule has 2 amide bonds. The molecule has 0 spiro atoms. The molecular weight excluding hydrogens is 1260 g/mol. The van der Waals surface area contributed by atoms with Gasteiger partial charge in [-0.2, -0.15) is 42.1 Å². The van der Waals surface area contributed by atoms with Gasteiger partial charge >= 0.3 is 0 Å². The average Bonchev–Trinajstić information content (AvgIpc) is 1.55. The van der Waals surface area contributed by atoms with E-state index in [0.717, 1.165) is 124 Å². The number of amides is 2. The van der Waals surface area contributed by atoms with Gasteiger partial charge in [0.05, 0.1) is 22.5 Å². The molecule has 14 nitrogen and oxygen atoms in total. The Morgan fingerprint density at radius 2 is 0.529 bits per heavy atom. The second-order valence-electron chi connectivity index (χ2n) is 25.1. The van der Waals surface area contributed by atoms with Gasteiger partial charge in [-0.25, -0.2) is 0 Å². The zero-order valence-corrected chi connectivity index (χ0v) is 57.5. The number of benzene rings is 8. The highest BCUT2D eigenvalue weighted by Crippen LogP contribution is 2.51. The maximum Gasteiger partial charge on any atom is 0.259 e. The summed E-state index contributed by atoms with van der Waals surface area (Å²) in [6.45, 7) is 4.83. The van der Waals surface area contributed by atoms with Crippen LogP contribution < -0.4 is 19.6 Å². The van der Waals surface area contributed by atoms with E-state index in [1.165, 1.54) is 0 Å². The van der Waals surface area contributed by atoms with Gasteiger partial charge in [0.2, 0.25) is 0 Å². The third kappa shape index (κ3) is 15.9. The normalized spacial score (nSPS) is 12.3. The van der Waals surface area contributed by atoms with Crippen LogP contribution in [-0.4, -0.2) is 24.9 Å². The van der Waals surface area contributed by atoms with Crippen LogP contribution in [0.4, 0.5) is 45.5 Å². The van der Waals surface area contributed by atoms with E-state index < -0.39 is 11.8 Å². The minimum atomic E-state index is -0.456. The molecule has 102 heavy (non-hydrogen) atoms. The van der Waals surface area contributed by atoms with Gasteiger partial charge in [-0.15, -0.1) is 0 Å². The van der Waals surface area contributed by atoms with Gasteiger partial charge in [0.1, 0.15) is 70.8 Å². The number of nitriles is 8. The first-order chi connectivity index (χ1) is 50.1. The van der Waals surface area contributed by atoms with Gasteiger partial charge in [0.15, 0.2) is 0 Å². The number of hydrogen-bond donors (Lipinski definition) is 0. The second-order valence-corrected chi connectivity index (χ2v) is 25.1. The summed E-state index contributed by atoms with van der Waals surface area (Å²) in [5.41, 5.74) is 6.69. The summed E-state index contributed by atoms with van der Waals surface area (Å²) in [6, 6.07) is 80.0. The Morgan fingerprint density at radius 1 is 0.294 bits per heavy atom. The molecule has 10 rings (SSSR count). The van der Waals surface area contributed by atoms with E-state index in [1.807, 2.05) is 170 Å². The number of carbonyl (C=O) groups is 2.